The molecular formula is C12H23N3O4S. The van der Waals surface area contributed by atoms with E-state index in [-0.39, 0.29) is 18.0 Å². The summed E-state index contributed by atoms with van der Waals surface area (Å²) in [5.41, 5.74) is 0.974. The monoisotopic (exact) mass is 305 g/mol. The zero-order valence-electron chi connectivity index (χ0n) is 12.2. The van der Waals surface area contributed by atoms with Crippen LogP contribution >= 0.6 is 0 Å². The number of hydrogen-bond donors (Lipinski definition) is 2. The number of ether oxygens (including phenoxy) is 1. The minimum atomic E-state index is -3.58. The first-order valence-electron chi connectivity index (χ1n) is 6.66. The maximum Gasteiger partial charge on any atom is 0.244 e. The number of nitrogens with zero attached hydrogens (tertiary/aromatic N) is 2. The van der Waals surface area contributed by atoms with Gasteiger partial charge in [-0.3, -0.25) is 4.68 Å². The second kappa shape index (κ2) is 7.72. The number of nitrogens with one attached hydrogen (secondary N) is 1. The first kappa shape index (κ1) is 17.1. The third kappa shape index (κ3) is 4.27. The van der Waals surface area contributed by atoms with Crippen LogP contribution < -0.4 is 4.72 Å². The first-order valence-corrected chi connectivity index (χ1v) is 8.14. The van der Waals surface area contributed by atoms with Crippen molar-refractivity contribution >= 4 is 10.0 Å². The zero-order valence-corrected chi connectivity index (χ0v) is 13.0. The fourth-order valence-electron chi connectivity index (χ4n) is 1.98. The van der Waals surface area contributed by atoms with E-state index < -0.39 is 10.0 Å². The molecular weight excluding hydrogens is 282 g/mol. The Balaban J connectivity index is 2.77. The van der Waals surface area contributed by atoms with Crippen LogP contribution in [0.4, 0.5) is 0 Å². The number of sulfonamides is 1. The summed E-state index contributed by atoms with van der Waals surface area (Å²) in [5.74, 6) is 0. The molecule has 0 saturated carbocycles. The number of aromatic nitrogens is 2. The van der Waals surface area contributed by atoms with Crippen molar-refractivity contribution in [2.45, 2.75) is 38.6 Å². The third-order valence-corrected chi connectivity index (χ3v) is 4.57. The van der Waals surface area contributed by atoms with E-state index in [9.17, 15) is 8.42 Å². The molecule has 1 aromatic rings. The average molecular weight is 305 g/mol. The summed E-state index contributed by atoms with van der Waals surface area (Å²) in [7, 11) is -3.58. The zero-order chi connectivity index (χ0) is 15.2. The van der Waals surface area contributed by atoms with Crippen LogP contribution in [0, 0.1) is 13.8 Å². The van der Waals surface area contributed by atoms with Gasteiger partial charge >= 0.3 is 0 Å². The number of aliphatic hydroxyl groups is 1. The summed E-state index contributed by atoms with van der Waals surface area (Å²) >= 11 is 0. The Bertz CT molecular complexity index is 525. The summed E-state index contributed by atoms with van der Waals surface area (Å²) in [6.45, 7) is 6.91. The van der Waals surface area contributed by atoms with Crippen LogP contribution in [-0.2, 0) is 21.3 Å². The molecule has 0 saturated heterocycles. The molecule has 0 aliphatic rings. The Hall–Kier alpha value is -0.960. The van der Waals surface area contributed by atoms with Gasteiger partial charge in [0.25, 0.3) is 0 Å². The van der Waals surface area contributed by atoms with Gasteiger partial charge < -0.3 is 9.84 Å². The van der Waals surface area contributed by atoms with Gasteiger partial charge in [0.15, 0.2) is 0 Å². The molecule has 7 nitrogen and oxygen atoms in total. The summed E-state index contributed by atoms with van der Waals surface area (Å²) < 4.78 is 33.7. The maximum atomic E-state index is 12.3. The second-order valence-electron chi connectivity index (χ2n) is 4.39. The van der Waals surface area contributed by atoms with E-state index in [1.54, 1.807) is 13.8 Å². The number of aryl methyl sites for hydroxylation is 1. The van der Waals surface area contributed by atoms with Crippen molar-refractivity contribution < 1.29 is 18.3 Å². The minimum absolute atomic E-state index is 0.0801. The fraction of sp³-hybridized carbons (Fsp3) is 0.750. The summed E-state index contributed by atoms with van der Waals surface area (Å²) in [6, 6.07) is 0. The van der Waals surface area contributed by atoms with Crippen LogP contribution in [0.3, 0.4) is 0 Å². The molecule has 2 N–H and O–H groups in total. The van der Waals surface area contributed by atoms with E-state index in [2.05, 4.69) is 9.82 Å². The van der Waals surface area contributed by atoms with E-state index in [0.717, 1.165) is 0 Å². The Morgan fingerprint density at radius 2 is 2.10 bits per heavy atom. The van der Waals surface area contributed by atoms with Crippen molar-refractivity contribution in [1.82, 2.24) is 14.5 Å². The highest BCUT2D eigenvalue weighted by molar-refractivity contribution is 7.89. The molecule has 0 unspecified atom stereocenters. The predicted octanol–water partition coefficient (Wildman–Crippen LogP) is 0.197. The molecule has 0 spiro atoms. The normalized spacial score (nSPS) is 12.0. The second-order valence-corrected chi connectivity index (χ2v) is 6.10. The molecule has 0 bridgehead atoms. The van der Waals surface area contributed by atoms with Gasteiger partial charge in [-0.2, -0.15) is 5.10 Å². The largest absolute Gasteiger partial charge is 0.394 e. The van der Waals surface area contributed by atoms with Gasteiger partial charge in [-0.1, -0.05) is 0 Å². The SMILES string of the molecule is CCOCCCNS(=O)(=O)c1c(C)nn(CCO)c1C. The molecule has 1 rings (SSSR count). The van der Waals surface area contributed by atoms with Gasteiger partial charge in [-0.25, -0.2) is 13.1 Å². The third-order valence-electron chi connectivity index (χ3n) is 2.86. The van der Waals surface area contributed by atoms with Crippen molar-refractivity contribution in [3.8, 4) is 0 Å². The topological polar surface area (TPSA) is 93.5 Å². The lowest BCUT2D eigenvalue weighted by Gasteiger charge is -2.07. The van der Waals surface area contributed by atoms with Crippen molar-refractivity contribution in [1.29, 1.82) is 0 Å². The van der Waals surface area contributed by atoms with E-state index in [0.29, 0.717) is 37.6 Å². The maximum absolute atomic E-state index is 12.3. The molecule has 0 amide bonds. The molecule has 0 aliphatic heterocycles. The van der Waals surface area contributed by atoms with Gasteiger partial charge in [-0.05, 0) is 27.2 Å². The molecule has 20 heavy (non-hydrogen) atoms. The van der Waals surface area contributed by atoms with Crippen LogP contribution in [0.2, 0.25) is 0 Å². The summed E-state index contributed by atoms with van der Waals surface area (Å²) in [5, 5.41) is 13.1. The molecule has 0 aliphatic carbocycles. The lowest BCUT2D eigenvalue weighted by atomic mass is 10.4. The highest BCUT2D eigenvalue weighted by atomic mass is 32.2. The Morgan fingerprint density at radius 1 is 1.40 bits per heavy atom. The smallest absolute Gasteiger partial charge is 0.244 e. The Labute approximate surface area is 120 Å². The molecule has 8 heteroatoms. The van der Waals surface area contributed by atoms with E-state index in [4.69, 9.17) is 9.84 Å². The van der Waals surface area contributed by atoms with Crippen molar-refractivity contribution in [3.63, 3.8) is 0 Å². The summed E-state index contributed by atoms with van der Waals surface area (Å²) in [4.78, 5) is 0.197. The van der Waals surface area contributed by atoms with Crippen molar-refractivity contribution in [2.75, 3.05) is 26.4 Å². The minimum Gasteiger partial charge on any atom is -0.394 e. The molecule has 0 aromatic carbocycles. The molecule has 0 fully saturated rings. The van der Waals surface area contributed by atoms with Gasteiger partial charge in [-0.15, -0.1) is 0 Å². The van der Waals surface area contributed by atoms with Crippen LogP contribution in [0.5, 0.6) is 0 Å². The highest BCUT2D eigenvalue weighted by Crippen LogP contribution is 2.18. The van der Waals surface area contributed by atoms with E-state index in [1.165, 1.54) is 4.68 Å². The molecule has 0 radical (unpaired) electrons. The predicted molar refractivity (Wildman–Crippen MR) is 75.1 cm³/mol. The van der Waals surface area contributed by atoms with Crippen molar-refractivity contribution in [2.24, 2.45) is 0 Å². The van der Waals surface area contributed by atoms with E-state index in [1.807, 2.05) is 6.92 Å². The number of rotatable bonds is 9. The molecule has 0 atom stereocenters. The Morgan fingerprint density at radius 3 is 2.70 bits per heavy atom. The lowest BCUT2D eigenvalue weighted by molar-refractivity contribution is 0.146. The van der Waals surface area contributed by atoms with Gasteiger partial charge in [0.1, 0.15) is 4.90 Å². The standard InChI is InChI=1S/C12H23N3O4S/c1-4-19-9-5-6-13-20(17,18)12-10(2)14-15(7-8-16)11(12)3/h13,16H,4-9H2,1-3H3. The fourth-order valence-corrected chi connectivity index (χ4v) is 3.46. The van der Waals surface area contributed by atoms with Gasteiger partial charge in [0.05, 0.1) is 24.5 Å². The Kier molecular flexibility index (Phi) is 6.60. The van der Waals surface area contributed by atoms with Crippen LogP contribution in [-0.4, -0.2) is 49.7 Å². The number of aliphatic hydroxyl groups excluding tert-OH is 1. The van der Waals surface area contributed by atoms with Gasteiger partial charge in [0.2, 0.25) is 10.0 Å². The van der Waals surface area contributed by atoms with Crippen LogP contribution in [0.1, 0.15) is 24.7 Å². The first-order chi connectivity index (χ1) is 9.44. The van der Waals surface area contributed by atoms with Crippen molar-refractivity contribution in [3.05, 3.63) is 11.4 Å². The van der Waals surface area contributed by atoms with Crippen LogP contribution in [0.15, 0.2) is 4.90 Å². The summed E-state index contributed by atoms with van der Waals surface area (Å²) in [6.07, 6.45) is 0.621. The molecule has 1 aromatic heterocycles. The lowest BCUT2D eigenvalue weighted by Crippen LogP contribution is -2.26. The van der Waals surface area contributed by atoms with Gasteiger partial charge in [0, 0.05) is 19.8 Å². The highest BCUT2D eigenvalue weighted by Gasteiger charge is 2.23. The molecule has 116 valence electrons. The average Bonchev–Trinajstić information content (AvgIpc) is 2.65. The molecule has 1 heterocycles. The number of hydrogen-bond acceptors (Lipinski definition) is 5. The van der Waals surface area contributed by atoms with E-state index >= 15 is 0 Å². The quantitative estimate of drug-likeness (QED) is 0.636. The van der Waals surface area contributed by atoms with Crippen LogP contribution in [0.25, 0.3) is 0 Å².